The Morgan fingerprint density at radius 3 is 2.23 bits per heavy atom. The maximum atomic E-state index is 12.6. The van der Waals surface area contributed by atoms with Crippen molar-refractivity contribution in [3.8, 4) is 0 Å². The first-order chi connectivity index (χ1) is 12.5. The second-order valence-electron chi connectivity index (χ2n) is 7.51. The molecule has 1 aliphatic rings. The van der Waals surface area contributed by atoms with Crippen molar-refractivity contribution in [3.05, 3.63) is 47.3 Å². The number of likely N-dealkylation sites (tertiary alicyclic amines) is 1. The summed E-state index contributed by atoms with van der Waals surface area (Å²) in [4.78, 5) is 23.3. The van der Waals surface area contributed by atoms with Crippen LogP contribution >= 0.6 is 0 Å². The molecule has 0 atom stereocenters. The second-order valence-corrected chi connectivity index (χ2v) is 7.51. The Morgan fingerprint density at radius 2 is 1.65 bits per heavy atom. The Balaban J connectivity index is 1.92. The summed E-state index contributed by atoms with van der Waals surface area (Å²) < 4.78 is 0. The minimum atomic E-state index is -0.00539. The van der Waals surface area contributed by atoms with Crippen LogP contribution in [0.5, 0.6) is 0 Å². The third kappa shape index (κ3) is 3.87. The van der Waals surface area contributed by atoms with Crippen LogP contribution in [0, 0.1) is 0 Å². The van der Waals surface area contributed by atoms with Gasteiger partial charge in [-0.15, -0.1) is 0 Å². The lowest BCUT2D eigenvalue weighted by Crippen LogP contribution is -2.28. The van der Waals surface area contributed by atoms with E-state index in [9.17, 15) is 4.79 Å². The Morgan fingerprint density at radius 1 is 1.04 bits per heavy atom. The van der Waals surface area contributed by atoms with Gasteiger partial charge < -0.3 is 10.2 Å². The predicted molar refractivity (Wildman–Crippen MR) is 105 cm³/mol. The van der Waals surface area contributed by atoms with Crippen LogP contribution in [0.15, 0.2) is 30.5 Å². The molecule has 1 N–H and O–H groups in total. The number of rotatable bonds is 5. The van der Waals surface area contributed by atoms with Crippen LogP contribution in [0.3, 0.4) is 0 Å². The fourth-order valence-corrected chi connectivity index (χ4v) is 3.43. The molecule has 2 heterocycles. The summed E-state index contributed by atoms with van der Waals surface area (Å²) in [7, 11) is 0. The number of aromatic nitrogens is 2. The van der Waals surface area contributed by atoms with Crippen molar-refractivity contribution in [1.29, 1.82) is 0 Å². The van der Waals surface area contributed by atoms with Crippen molar-refractivity contribution < 1.29 is 4.79 Å². The summed E-state index contributed by atoms with van der Waals surface area (Å²) in [5.74, 6) is 1.23. The number of anilines is 2. The monoisotopic (exact) mass is 352 g/mol. The van der Waals surface area contributed by atoms with Gasteiger partial charge in [0.05, 0.1) is 0 Å². The molecule has 0 aliphatic carbocycles. The summed E-state index contributed by atoms with van der Waals surface area (Å²) in [5, 5.41) is 3.40. The van der Waals surface area contributed by atoms with E-state index in [1.54, 1.807) is 12.3 Å². The van der Waals surface area contributed by atoms with Gasteiger partial charge in [-0.1, -0.05) is 45.9 Å². The molecular formula is C21H28N4O. The van der Waals surface area contributed by atoms with Gasteiger partial charge in [-0.05, 0) is 41.9 Å². The van der Waals surface area contributed by atoms with Gasteiger partial charge in [-0.3, -0.25) is 4.79 Å². The Kier molecular flexibility index (Phi) is 5.55. The van der Waals surface area contributed by atoms with Crippen LogP contribution in [0.25, 0.3) is 0 Å². The molecule has 26 heavy (non-hydrogen) atoms. The number of nitrogens with one attached hydrogen (secondary N) is 1. The third-order valence-electron chi connectivity index (χ3n) is 4.88. The molecule has 0 unspecified atom stereocenters. The number of carbonyl (C=O) groups excluding carboxylic acids is 1. The lowest BCUT2D eigenvalue weighted by molar-refractivity contribution is 0.0787. The molecule has 5 heteroatoms. The number of nitrogens with zero attached hydrogens (tertiary/aromatic N) is 3. The number of amides is 1. The van der Waals surface area contributed by atoms with E-state index in [0.717, 1.165) is 31.6 Å². The fraction of sp³-hybridized carbons (Fsp3) is 0.476. The highest BCUT2D eigenvalue weighted by Gasteiger charge is 2.21. The summed E-state index contributed by atoms with van der Waals surface area (Å²) in [5.41, 5.74) is 3.98. The van der Waals surface area contributed by atoms with Gasteiger partial charge in [0.25, 0.3) is 5.91 Å². The topological polar surface area (TPSA) is 58.1 Å². The van der Waals surface area contributed by atoms with Gasteiger partial charge in [0, 0.05) is 25.0 Å². The highest BCUT2D eigenvalue weighted by molar-refractivity contribution is 5.92. The van der Waals surface area contributed by atoms with Crippen LogP contribution in [0.2, 0.25) is 0 Å². The zero-order chi connectivity index (χ0) is 18.7. The molecule has 1 aliphatic heterocycles. The molecule has 1 aromatic carbocycles. The fourth-order valence-electron chi connectivity index (χ4n) is 3.43. The molecular weight excluding hydrogens is 324 g/mol. The highest BCUT2D eigenvalue weighted by atomic mass is 16.2. The van der Waals surface area contributed by atoms with Gasteiger partial charge >= 0.3 is 0 Å². The molecule has 0 spiro atoms. The van der Waals surface area contributed by atoms with Gasteiger partial charge in [-0.25, -0.2) is 9.97 Å². The smallest absolute Gasteiger partial charge is 0.272 e. The maximum absolute atomic E-state index is 12.6. The first-order valence-corrected chi connectivity index (χ1v) is 9.49. The van der Waals surface area contributed by atoms with Crippen molar-refractivity contribution in [2.75, 3.05) is 18.4 Å². The summed E-state index contributed by atoms with van der Waals surface area (Å²) in [6.45, 7) is 10.4. The largest absolute Gasteiger partial charge is 0.337 e. The predicted octanol–water partition coefficient (Wildman–Crippen LogP) is 4.70. The van der Waals surface area contributed by atoms with Crippen molar-refractivity contribution in [2.45, 2.75) is 52.4 Å². The molecule has 1 aromatic heterocycles. The van der Waals surface area contributed by atoms with Gasteiger partial charge in [-0.2, -0.15) is 0 Å². The molecule has 2 aromatic rings. The SMILES string of the molecule is CC(C)c1cccc(C(C)C)c1Nc1nccc(C(=O)N2CCCC2)n1. The van der Waals surface area contributed by atoms with Gasteiger partial charge in [0.15, 0.2) is 0 Å². The number of hydrogen-bond acceptors (Lipinski definition) is 4. The Labute approximate surface area is 155 Å². The highest BCUT2D eigenvalue weighted by Crippen LogP contribution is 2.33. The number of hydrogen-bond donors (Lipinski definition) is 1. The van der Waals surface area contributed by atoms with E-state index in [4.69, 9.17) is 0 Å². The van der Waals surface area contributed by atoms with Crippen molar-refractivity contribution in [2.24, 2.45) is 0 Å². The minimum absolute atomic E-state index is 0.00539. The van der Waals surface area contributed by atoms with Crippen LogP contribution in [-0.4, -0.2) is 33.9 Å². The summed E-state index contributed by atoms with van der Waals surface area (Å²) in [6, 6.07) is 8.07. The number of para-hydroxylation sites is 1. The minimum Gasteiger partial charge on any atom is -0.337 e. The van der Waals surface area contributed by atoms with Crippen LogP contribution in [0.1, 0.15) is 74.0 Å². The molecule has 1 saturated heterocycles. The van der Waals surface area contributed by atoms with Gasteiger partial charge in [0.2, 0.25) is 5.95 Å². The molecule has 3 rings (SSSR count). The first-order valence-electron chi connectivity index (χ1n) is 9.49. The lowest BCUT2D eigenvalue weighted by atomic mass is 9.93. The quantitative estimate of drug-likeness (QED) is 0.847. The second kappa shape index (κ2) is 7.85. The third-order valence-corrected chi connectivity index (χ3v) is 4.88. The first kappa shape index (κ1) is 18.4. The molecule has 5 nitrogen and oxygen atoms in total. The number of carbonyl (C=O) groups is 1. The van der Waals surface area contributed by atoms with E-state index in [2.05, 4.69) is 61.2 Å². The van der Waals surface area contributed by atoms with E-state index >= 15 is 0 Å². The summed E-state index contributed by atoms with van der Waals surface area (Å²) >= 11 is 0. The molecule has 1 fully saturated rings. The zero-order valence-electron chi connectivity index (χ0n) is 16.1. The standard InChI is InChI=1S/C21H28N4O/c1-14(2)16-8-7-9-17(15(3)4)19(16)24-21-22-11-10-18(23-21)20(26)25-12-5-6-13-25/h7-11,14-15H,5-6,12-13H2,1-4H3,(H,22,23,24). The van der Waals surface area contributed by atoms with Gasteiger partial charge in [0.1, 0.15) is 5.69 Å². The molecule has 138 valence electrons. The lowest BCUT2D eigenvalue weighted by Gasteiger charge is -2.20. The maximum Gasteiger partial charge on any atom is 0.272 e. The van der Waals surface area contributed by atoms with Crippen LogP contribution in [-0.2, 0) is 0 Å². The van der Waals surface area contributed by atoms with Crippen molar-refractivity contribution in [3.63, 3.8) is 0 Å². The van der Waals surface area contributed by atoms with E-state index in [1.165, 1.54) is 11.1 Å². The molecule has 0 radical (unpaired) electrons. The summed E-state index contributed by atoms with van der Waals surface area (Å²) in [6.07, 6.45) is 3.80. The molecule has 0 bridgehead atoms. The van der Waals surface area contributed by atoms with Crippen LogP contribution < -0.4 is 5.32 Å². The number of benzene rings is 1. The normalized spacial score (nSPS) is 14.3. The van der Waals surface area contributed by atoms with E-state index in [-0.39, 0.29) is 5.91 Å². The van der Waals surface area contributed by atoms with E-state index in [0.29, 0.717) is 23.5 Å². The Bertz CT molecular complexity index is 753. The molecule has 1 amide bonds. The zero-order valence-corrected chi connectivity index (χ0v) is 16.1. The molecule has 0 saturated carbocycles. The van der Waals surface area contributed by atoms with Crippen molar-refractivity contribution >= 4 is 17.5 Å². The average molecular weight is 352 g/mol. The van der Waals surface area contributed by atoms with Crippen LogP contribution in [0.4, 0.5) is 11.6 Å². The van der Waals surface area contributed by atoms with E-state index < -0.39 is 0 Å². The average Bonchev–Trinajstić information content (AvgIpc) is 3.15. The Hall–Kier alpha value is -2.43. The van der Waals surface area contributed by atoms with E-state index in [1.807, 2.05) is 4.90 Å². The van der Waals surface area contributed by atoms with Crippen molar-refractivity contribution in [1.82, 2.24) is 14.9 Å².